The van der Waals surface area contributed by atoms with E-state index >= 15 is 0 Å². The molecule has 3 rings (SSSR count). The molecule has 4 amide bonds. The minimum atomic E-state index is -1.18. The SMILES string of the molecule is CCC1(c2ccccc2)NC(=O)N(NC(=O)CN(C)CCOc2ccccc2C)C1=O. The summed E-state index contributed by atoms with van der Waals surface area (Å²) in [4.78, 5) is 39.7. The van der Waals surface area contributed by atoms with Crippen molar-refractivity contribution in [1.82, 2.24) is 20.7 Å². The highest BCUT2D eigenvalue weighted by Crippen LogP contribution is 2.31. The Morgan fingerprint density at radius 3 is 2.48 bits per heavy atom. The van der Waals surface area contributed by atoms with E-state index in [1.807, 2.05) is 44.2 Å². The second kappa shape index (κ2) is 9.61. The second-order valence-electron chi connectivity index (χ2n) is 7.58. The monoisotopic (exact) mass is 424 g/mol. The van der Waals surface area contributed by atoms with Gasteiger partial charge in [-0.3, -0.25) is 19.9 Å². The Morgan fingerprint density at radius 2 is 1.81 bits per heavy atom. The third-order valence-corrected chi connectivity index (χ3v) is 5.36. The van der Waals surface area contributed by atoms with Crippen molar-refractivity contribution in [1.29, 1.82) is 0 Å². The van der Waals surface area contributed by atoms with E-state index in [-0.39, 0.29) is 6.54 Å². The van der Waals surface area contributed by atoms with E-state index in [1.54, 1.807) is 36.2 Å². The second-order valence-corrected chi connectivity index (χ2v) is 7.58. The molecule has 1 aliphatic heterocycles. The molecule has 2 aromatic carbocycles. The van der Waals surface area contributed by atoms with Gasteiger partial charge in [-0.05, 0) is 37.6 Å². The average Bonchev–Trinajstić information content (AvgIpc) is 3.00. The lowest BCUT2D eigenvalue weighted by Crippen LogP contribution is -2.51. The summed E-state index contributed by atoms with van der Waals surface area (Å²) < 4.78 is 5.75. The average molecular weight is 425 g/mol. The van der Waals surface area contributed by atoms with Crippen LogP contribution < -0.4 is 15.5 Å². The number of urea groups is 1. The predicted octanol–water partition coefficient (Wildman–Crippen LogP) is 2.19. The molecule has 0 aromatic heterocycles. The van der Waals surface area contributed by atoms with Crippen molar-refractivity contribution in [3.05, 3.63) is 65.7 Å². The Bertz CT molecular complexity index is 950. The number of aryl methyl sites for hydroxylation is 1. The van der Waals surface area contributed by atoms with Crippen molar-refractivity contribution in [2.45, 2.75) is 25.8 Å². The van der Waals surface area contributed by atoms with Crippen molar-refractivity contribution in [2.24, 2.45) is 0 Å². The standard InChI is InChI=1S/C23H28N4O4/c1-4-23(18-11-6-5-7-12-18)21(29)27(22(30)24-23)25-20(28)16-26(3)14-15-31-19-13-9-8-10-17(19)2/h5-13H,4,14-16H2,1-3H3,(H,24,30)(H,25,28). The lowest BCUT2D eigenvalue weighted by atomic mass is 9.87. The van der Waals surface area contributed by atoms with E-state index in [0.29, 0.717) is 25.1 Å². The summed E-state index contributed by atoms with van der Waals surface area (Å²) >= 11 is 0. The van der Waals surface area contributed by atoms with Crippen LogP contribution in [-0.2, 0) is 15.1 Å². The third-order valence-electron chi connectivity index (χ3n) is 5.36. The van der Waals surface area contributed by atoms with E-state index in [2.05, 4.69) is 10.7 Å². The van der Waals surface area contributed by atoms with E-state index in [1.165, 1.54) is 0 Å². The van der Waals surface area contributed by atoms with Gasteiger partial charge >= 0.3 is 6.03 Å². The van der Waals surface area contributed by atoms with Crippen LogP contribution in [0.2, 0.25) is 0 Å². The van der Waals surface area contributed by atoms with Gasteiger partial charge in [0.2, 0.25) is 0 Å². The van der Waals surface area contributed by atoms with Crippen LogP contribution in [0.3, 0.4) is 0 Å². The molecule has 1 heterocycles. The number of ether oxygens (including phenoxy) is 1. The van der Waals surface area contributed by atoms with Gasteiger partial charge < -0.3 is 10.1 Å². The lowest BCUT2D eigenvalue weighted by molar-refractivity contribution is -0.139. The third kappa shape index (κ3) is 4.86. The maximum Gasteiger partial charge on any atom is 0.344 e. The van der Waals surface area contributed by atoms with Crippen LogP contribution >= 0.6 is 0 Å². The molecular weight excluding hydrogens is 396 g/mol. The predicted molar refractivity (Wildman–Crippen MR) is 116 cm³/mol. The molecule has 0 spiro atoms. The molecule has 2 N–H and O–H groups in total. The Balaban J connectivity index is 1.54. The Kier molecular flexibility index (Phi) is 6.91. The Morgan fingerprint density at radius 1 is 1.13 bits per heavy atom. The Hall–Kier alpha value is -3.39. The normalized spacial score (nSPS) is 18.3. The highest BCUT2D eigenvalue weighted by molar-refractivity contribution is 6.08. The summed E-state index contributed by atoms with van der Waals surface area (Å²) in [6.07, 6.45) is 0.365. The molecule has 1 saturated heterocycles. The first-order valence-electron chi connectivity index (χ1n) is 10.3. The van der Waals surface area contributed by atoms with Crippen molar-refractivity contribution in [3.8, 4) is 5.75 Å². The number of hydrazine groups is 1. The first-order chi connectivity index (χ1) is 14.9. The molecule has 0 saturated carbocycles. The molecule has 0 radical (unpaired) electrons. The number of nitrogens with one attached hydrogen (secondary N) is 2. The van der Waals surface area contributed by atoms with Crippen LogP contribution in [0.5, 0.6) is 5.75 Å². The summed E-state index contributed by atoms with van der Waals surface area (Å²) in [5, 5.41) is 3.51. The van der Waals surface area contributed by atoms with Gasteiger partial charge in [0.1, 0.15) is 17.9 Å². The molecule has 164 valence electrons. The van der Waals surface area contributed by atoms with Crippen LogP contribution in [0, 0.1) is 6.92 Å². The number of para-hydroxylation sites is 1. The van der Waals surface area contributed by atoms with Crippen LogP contribution in [0.15, 0.2) is 54.6 Å². The largest absolute Gasteiger partial charge is 0.492 e. The smallest absolute Gasteiger partial charge is 0.344 e. The quantitative estimate of drug-likeness (QED) is 0.602. The van der Waals surface area contributed by atoms with Crippen LogP contribution in [0.4, 0.5) is 4.79 Å². The minimum absolute atomic E-state index is 0.0126. The van der Waals surface area contributed by atoms with Crippen molar-refractivity contribution >= 4 is 17.8 Å². The summed E-state index contributed by atoms with van der Waals surface area (Å²) in [6.45, 7) is 4.71. The number of carbonyl (C=O) groups is 3. The van der Waals surface area contributed by atoms with Crippen LogP contribution in [0.25, 0.3) is 0 Å². The summed E-state index contributed by atoms with van der Waals surface area (Å²) in [5.41, 5.74) is 2.97. The van der Waals surface area contributed by atoms with Crippen molar-refractivity contribution < 1.29 is 19.1 Å². The van der Waals surface area contributed by atoms with Gasteiger partial charge in [0.25, 0.3) is 11.8 Å². The molecule has 2 aromatic rings. The first-order valence-corrected chi connectivity index (χ1v) is 10.3. The zero-order valence-corrected chi connectivity index (χ0v) is 18.1. The van der Waals surface area contributed by atoms with Gasteiger partial charge in [-0.15, -0.1) is 0 Å². The summed E-state index contributed by atoms with van der Waals surface area (Å²) in [5.74, 6) is -0.150. The molecule has 0 aliphatic carbocycles. The van der Waals surface area contributed by atoms with E-state index in [0.717, 1.165) is 16.3 Å². The number of rotatable bonds is 9. The number of likely N-dealkylation sites (N-methyl/N-ethyl adjacent to an activating group) is 1. The van der Waals surface area contributed by atoms with Gasteiger partial charge in [-0.25, -0.2) is 4.79 Å². The Labute approximate surface area is 182 Å². The molecule has 1 unspecified atom stereocenters. The highest BCUT2D eigenvalue weighted by atomic mass is 16.5. The number of amides is 4. The highest BCUT2D eigenvalue weighted by Gasteiger charge is 2.52. The molecule has 8 heteroatoms. The number of carbonyl (C=O) groups excluding carboxylic acids is 3. The first kappa shape index (κ1) is 22.3. The molecule has 1 fully saturated rings. The van der Waals surface area contributed by atoms with Gasteiger partial charge in [0.05, 0.1) is 6.54 Å². The van der Waals surface area contributed by atoms with E-state index in [9.17, 15) is 14.4 Å². The fourth-order valence-electron chi connectivity index (χ4n) is 3.55. The molecular formula is C23H28N4O4. The van der Waals surface area contributed by atoms with Gasteiger partial charge in [0.15, 0.2) is 0 Å². The van der Waals surface area contributed by atoms with Crippen molar-refractivity contribution in [3.63, 3.8) is 0 Å². The molecule has 1 atom stereocenters. The topological polar surface area (TPSA) is 91.0 Å². The van der Waals surface area contributed by atoms with Gasteiger partial charge in [-0.2, -0.15) is 5.01 Å². The maximum atomic E-state index is 13.0. The fraction of sp³-hybridized carbons (Fsp3) is 0.348. The number of benzene rings is 2. The number of nitrogens with zero attached hydrogens (tertiary/aromatic N) is 2. The zero-order valence-electron chi connectivity index (χ0n) is 18.1. The summed E-state index contributed by atoms with van der Waals surface area (Å²) in [7, 11) is 1.77. The molecule has 8 nitrogen and oxygen atoms in total. The lowest BCUT2D eigenvalue weighted by Gasteiger charge is -2.25. The molecule has 0 bridgehead atoms. The number of hydrogen-bond donors (Lipinski definition) is 2. The van der Waals surface area contributed by atoms with Crippen molar-refractivity contribution in [2.75, 3.05) is 26.7 Å². The van der Waals surface area contributed by atoms with Crippen LogP contribution in [-0.4, -0.2) is 54.5 Å². The number of hydrogen-bond acceptors (Lipinski definition) is 5. The fourth-order valence-corrected chi connectivity index (χ4v) is 3.55. The summed E-state index contributed by atoms with van der Waals surface area (Å²) in [6, 6.07) is 16.1. The molecule has 1 aliphatic rings. The van der Waals surface area contributed by atoms with Gasteiger partial charge in [-0.1, -0.05) is 55.5 Å². The minimum Gasteiger partial charge on any atom is -0.492 e. The number of imide groups is 1. The van der Waals surface area contributed by atoms with Gasteiger partial charge in [0, 0.05) is 6.54 Å². The van der Waals surface area contributed by atoms with E-state index in [4.69, 9.17) is 4.74 Å². The van der Waals surface area contributed by atoms with Crippen LogP contribution in [0.1, 0.15) is 24.5 Å². The molecule has 31 heavy (non-hydrogen) atoms. The van der Waals surface area contributed by atoms with E-state index < -0.39 is 23.4 Å². The zero-order chi connectivity index (χ0) is 22.4. The maximum absolute atomic E-state index is 13.0.